The molecule has 0 fully saturated rings. The van der Waals surface area contributed by atoms with Crippen molar-refractivity contribution in [2.75, 3.05) is 0 Å². The second kappa shape index (κ2) is 2.90. The Morgan fingerprint density at radius 1 is 1.50 bits per heavy atom. The summed E-state index contributed by atoms with van der Waals surface area (Å²) in [6.45, 7) is 0. The van der Waals surface area contributed by atoms with E-state index >= 15 is 0 Å². The summed E-state index contributed by atoms with van der Waals surface area (Å²) >= 11 is 6.01. The van der Waals surface area contributed by atoms with E-state index in [0.29, 0.717) is 6.08 Å². The third-order valence-electron chi connectivity index (χ3n) is 0.527. The maximum atomic E-state index is 12.1. The first-order valence-electron chi connectivity index (χ1n) is 1.85. The zero-order valence-corrected chi connectivity index (χ0v) is 6.59. The van der Waals surface area contributed by atoms with Crippen molar-refractivity contribution in [3.05, 3.63) is 0 Å². The van der Waals surface area contributed by atoms with Gasteiger partial charge in [0.1, 0.15) is 0 Å². The zero-order valence-electron chi connectivity index (χ0n) is 4.25. The average molecular weight is 238 g/mol. The minimum absolute atomic E-state index is 0.573. The number of isocyanates is 1. The van der Waals surface area contributed by atoms with E-state index in [1.807, 2.05) is 4.99 Å². The van der Waals surface area contributed by atoms with Crippen LogP contribution >= 0.6 is 27.5 Å². The first-order chi connectivity index (χ1) is 4.31. The van der Waals surface area contributed by atoms with Gasteiger partial charge in [-0.15, -0.1) is 4.99 Å². The van der Waals surface area contributed by atoms with Crippen LogP contribution in [0.3, 0.4) is 0 Å². The van der Waals surface area contributed by atoms with Crippen molar-refractivity contribution >= 4 is 33.6 Å². The van der Waals surface area contributed by atoms with Gasteiger partial charge in [-0.1, -0.05) is 0 Å². The molecule has 0 rings (SSSR count). The summed E-state index contributed by atoms with van der Waals surface area (Å²) < 4.78 is 35.8. The Labute approximate surface area is 67.2 Å². The van der Waals surface area contributed by atoms with Crippen molar-refractivity contribution in [2.45, 2.75) is 10.1 Å². The molecule has 0 bridgehead atoms. The topological polar surface area (TPSA) is 29.4 Å². The lowest BCUT2D eigenvalue weighted by molar-refractivity contribution is 0.000331. The van der Waals surface area contributed by atoms with Gasteiger partial charge in [0.05, 0.1) is 0 Å². The summed E-state index contributed by atoms with van der Waals surface area (Å²) in [5, 5.41) is -3.76. The van der Waals surface area contributed by atoms with Crippen LogP contribution in [0.4, 0.5) is 13.2 Å². The highest BCUT2D eigenvalue weighted by atomic mass is 79.9. The quantitative estimate of drug-likeness (QED) is 0.314. The van der Waals surface area contributed by atoms with Crippen molar-refractivity contribution in [2.24, 2.45) is 4.99 Å². The maximum absolute atomic E-state index is 12.1. The predicted molar refractivity (Wildman–Crippen MR) is 31.7 cm³/mol. The molecule has 58 valence electrons. The van der Waals surface area contributed by atoms with Crippen molar-refractivity contribution in [3.63, 3.8) is 0 Å². The molecule has 1 unspecified atom stereocenters. The first-order valence-corrected chi connectivity index (χ1v) is 3.02. The molecule has 10 heavy (non-hydrogen) atoms. The molecular formula is C3BrClF3NO. The summed E-state index contributed by atoms with van der Waals surface area (Å²) in [7, 11) is 0. The SMILES string of the molecule is O=C=NC(F)(Cl)C(F)(F)Br. The molecule has 0 spiro atoms. The minimum Gasteiger partial charge on any atom is -0.211 e. The Morgan fingerprint density at radius 3 is 2.00 bits per heavy atom. The molecule has 0 heterocycles. The van der Waals surface area contributed by atoms with Crippen molar-refractivity contribution < 1.29 is 18.0 Å². The van der Waals surface area contributed by atoms with E-state index < -0.39 is 10.1 Å². The highest BCUT2D eigenvalue weighted by molar-refractivity contribution is 9.10. The van der Waals surface area contributed by atoms with Gasteiger partial charge in [0.2, 0.25) is 6.08 Å². The molecule has 0 radical (unpaired) electrons. The predicted octanol–water partition coefficient (Wildman–Crippen LogP) is 2.17. The number of rotatable bonds is 2. The lowest BCUT2D eigenvalue weighted by atomic mass is 10.6. The largest absolute Gasteiger partial charge is 0.370 e. The highest BCUT2D eigenvalue weighted by Crippen LogP contribution is 2.41. The Morgan fingerprint density at radius 2 is 1.90 bits per heavy atom. The summed E-state index contributed by atoms with van der Waals surface area (Å²) in [6, 6.07) is 0. The van der Waals surface area contributed by atoms with Gasteiger partial charge in [-0.25, -0.2) is 4.79 Å². The molecule has 2 nitrogen and oxygen atoms in total. The van der Waals surface area contributed by atoms with Crippen LogP contribution in [-0.2, 0) is 4.79 Å². The molecular weight excluding hydrogens is 238 g/mol. The monoisotopic (exact) mass is 237 g/mol. The third-order valence-corrected chi connectivity index (χ3v) is 1.60. The van der Waals surface area contributed by atoms with Crippen molar-refractivity contribution in [1.82, 2.24) is 0 Å². The fourth-order valence-corrected chi connectivity index (χ4v) is 0.244. The smallest absolute Gasteiger partial charge is 0.211 e. The number of carbonyl (C=O) groups excluding carboxylic acids is 1. The van der Waals surface area contributed by atoms with E-state index in [1.54, 1.807) is 15.9 Å². The van der Waals surface area contributed by atoms with E-state index in [4.69, 9.17) is 0 Å². The van der Waals surface area contributed by atoms with Gasteiger partial charge in [-0.3, -0.25) is 0 Å². The molecule has 0 aliphatic carbocycles. The van der Waals surface area contributed by atoms with Crippen LogP contribution in [0.1, 0.15) is 0 Å². The Kier molecular flexibility index (Phi) is 2.88. The van der Waals surface area contributed by atoms with Crippen LogP contribution in [0.25, 0.3) is 0 Å². The Balaban J connectivity index is 4.56. The van der Waals surface area contributed by atoms with Crippen LogP contribution in [0.5, 0.6) is 0 Å². The molecule has 0 amide bonds. The molecule has 1 atom stereocenters. The number of hydrogen-bond acceptors (Lipinski definition) is 2. The van der Waals surface area contributed by atoms with Gasteiger partial charge in [-0.2, -0.15) is 13.2 Å². The average Bonchev–Trinajstić information content (AvgIpc) is 1.61. The Bertz CT molecular complexity index is 173. The van der Waals surface area contributed by atoms with Gasteiger partial charge in [-0.05, 0) is 27.5 Å². The van der Waals surface area contributed by atoms with E-state index in [2.05, 4.69) is 11.6 Å². The molecule has 0 N–H and O–H groups in total. The highest BCUT2D eigenvalue weighted by Gasteiger charge is 2.52. The van der Waals surface area contributed by atoms with Crippen molar-refractivity contribution in [3.8, 4) is 0 Å². The van der Waals surface area contributed by atoms with Crippen LogP contribution in [0.15, 0.2) is 4.99 Å². The number of alkyl halides is 5. The molecule has 0 aliphatic heterocycles. The fraction of sp³-hybridized carbons (Fsp3) is 0.667. The van der Waals surface area contributed by atoms with Crippen LogP contribution in [0, 0.1) is 0 Å². The minimum atomic E-state index is -4.07. The molecule has 0 aromatic heterocycles. The van der Waals surface area contributed by atoms with Gasteiger partial charge >= 0.3 is 10.1 Å². The van der Waals surface area contributed by atoms with Crippen molar-refractivity contribution in [1.29, 1.82) is 0 Å². The number of aliphatic imine (C=N–C) groups is 1. The molecule has 0 saturated carbocycles. The molecule has 0 aromatic rings. The molecule has 7 heteroatoms. The lowest BCUT2D eigenvalue weighted by Crippen LogP contribution is -2.31. The third kappa shape index (κ3) is 2.28. The summed E-state index contributed by atoms with van der Waals surface area (Å²) in [5.74, 6) is 0. The zero-order chi connectivity index (χ0) is 8.41. The Hall–Kier alpha value is -0.0600. The molecule has 0 aromatic carbocycles. The normalized spacial score (nSPS) is 17.3. The van der Waals surface area contributed by atoms with Gasteiger partial charge in [0, 0.05) is 0 Å². The summed E-state index contributed by atoms with van der Waals surface area (Å²) in [4.78, 5) is 7.25. The summed E-state index contributed by atoms with van der Waals surface area (Å²) in [5.41, 5.74) is 0. The van der Waals surface area contributed by atoms with Gasteiger partial charge in [0.15, 0.2) is 0 Å². The van der Waals surface area contributed by atoms with Gasteiger partial charge in [0.25, 0.3) is 0 Å². The lowest BCUT2D eigenvalue weighted by Gasteiger charge is -2.15. The summed E-state index contributed by atoms with van der Waals surface area (Å²) in [6.07, 6.45) is 0.573. The molecule has 0 aliphatic rings. The first kappa shape index (κ1) is 9.94. The fourth-order valence-electron chi connectivity index (χ4n) is 0.121. The van der Waals surface area contributed by atoms with E-state index in [1.165, 1.54) is 0 Å². The van der Waals surface area contributed by atoms with E-state index in [9.17, 15) is 18.0 Å². The number of hydrogen-bond donors (Lipinski definition) is 0. The van der Waals surface area contributed by atoms with Crippen LogP contribution in [-0.4, -0.2) is 16.2 Å². The van der Waals surface area contributed by atoms with Crippen LogP contribution < -0.4 is 0 Å². The standard InChI is InChI=1S/C3BrClF3NO/c4-2(6,7)3(5,8)9-1-10. The second-order valence-electron chi connectivity index (χ2n) is 1.24. The second-order valence-corrected chi connectivity index (χ2v) is 2.74. The van der Waals surface area contributed by atoms with Crippen LogP contribution in [0.2, 0.25) is 0 Å². The number of nitrogens with zero attached hydrogens (tertiary/aromatic N) is 1. The van der Waals surface area contributed by atoms with E-state index in [0.717, 1.165) is 0 Å². The van der Waals surface area contributed by atoms with Gasteiger partial charge < -0.3 is 0 Å². The number of halogens is 5. The maximum Gasteiger partial charge on any atom is 0.370 e. The molecule has 0 saturated heterocycles. The van der Waals surface area contributed by atoms with E-state index in [-0.39, 0.29) is 0 Å².